The van der Waals surface area contributed by atoms with Gasteiger partial charge in [0, 0.05) is 12.1 Å². The summed E-state index contributed by atoms with van der Waals surface area (Å²) in [4.78, 5) is 10.2. The predicted octanol–water partition coefficient (Wildman–Crippen LogP) is 2.43. The Kier molecular flexibility index (Phi) is 5.38. The van der Waals surface area contributed by atoms with Crippen LogP contribution in [0.15, 0.2) is 47.6 Å². The number of hydrazone groups is 1. The summed E-state index contributed by atoms with van der Waals surface area (Å²) in [6.45, 7) is 0. The van der Waals surface area contributed by atoms with Crippen LogP contribution in [0.4, 0.5) is 5.69 Å². The van der Waals surface area contributed by atoms with Crippen molar-refractivity contribution >= 4 is 29.2 Å². The summed E-state index contributed by atoms with van der Waals surface area (Å²) < 4.78 is 5.59. The summed E-state index contributed by atoms with van der Waals surface area (Å²) in [5.41, 5.74) is 8.36. The van der Waals surface area contributed by atoms with Crippen molar-refractivity contribution in [3.05, 3.63) is 63.7 Å². The molecule has 0 heterocycles. The molecule has 8 nitrogen and oxygen atoms in total. The summed E-state index contributed by atoms with van der Waals surface area (Å²) >= 11 is 4.62. The second kappa shape index (κ2) is 7.66. The van der Waals surface area contributed by atoms with E-state index in [4.69, 9.17) is 15.7 Å². The van der Waals surface area contributed by atoms with Gasteiger partial charge < -0.3 is 10.5 Å². The molecule has 0 aromatic heterocycles. The molecule has 0 saturated heterocycles. The lowest BCUT2D eigenvalue weighted by molar-refractivity contribution is -0.384. The minimum atomic E-state index is -0.570. The summed E-state index contributed by atoms with van der Waals surface area (Å²) in [7, 11) is 0. The Balaban J connectivity index is 2.14. The van der Waals surface area contributed by atoms with Crippen molar-refractivity contribution in [2.45, 2.75) is 0 Å². The van der Waals surface area contributed by atoms with E-state index in [1.54, 1.807) is 24.3 Å². The van der Waals surface area contributed by atoms with Crippen LogP contribution < -0.4 is 15.9 Å². The highest BCUT2D eigenvalue weighted by Crippen LogP contribution is 2.28. The van der Waals surface area contributed by atoms with Gasteiger partial charge in [-0.05, 0) is 48.1 Å². The van der Waals surface area contributed by atoms with Crippen molar-refractivity contribution < 1.29 is 9.66 Å². The Hall–Kier alpha value is -3.51. The highest BCUT2D eigenvalue weighted by molar-refractivity contribution is 7.80. The van der Waals surface area contributed by atoms with Crippen LogP contribution in [0.25, 0.3) is 0 Å². The third kappa shape index (κ3) is 4.49. The average Bonchev–Trinajstić information content (AvgIpc) is 2.56. The van der Waals surface area contributed by atoms with E-state index in [-0.39, 0.29) is 22.1 Å². The molecular weight excluding hydrogens is 330 g/mol. The number of nitro groups is 1. The molecule has 0 spiro atoms. The molecule has 0 atom stereocenters. The van der Waals surface area contributed by atoms with Crippen LogP contribution in [-0.2, 0) is 0 Å². The second-order valence-corrected chi connectivity index (χ2v) is 4.89. The zero-order chi connectivity index (χ0) is 17.5. The first-order chi connectivity index (χ1) is 11.5. The predicted molar refractivity (Wildman–Crippen MR) is 91.8 cm³/mol. The van der Waals surface area contributed by atoms with Gasteiger partial charge in [-0.25, -0.2) is 0 Å². The summed E-state index contributed by atoms with van der Waals surface area (Å²) in [5.74, 6) is 0.708. The highest BCUT2D eigenvalue weighted by Gasteiger charge is 2.12. The van der Waals surface area contributed by atoms with Crippen LogP contribution in [0.5, 0.6) is 11.5 Å². The lowest BCUT2D eigenvalue weighted by Gasteiger charge is -2.07. The number of non-ortho nitro benzene ring substituents is 1. The fourth-order valence-corrected chi connectivity index (χ4v) is 1.78. The van der Waals surface area contributed by atoms with Gasteiger partial charge in [0.2, 0.25) is 0 Å². The number of nitro benzene ring substituents is 1. The Bertz CT molecular complexity index is 843. The first kappa shape index (κ1) is 16.9. The summed E-state index contributed by atoms with van der Waals surface area (Å²) in [5, 5.41) is 23.7. The van der Waals surface area contributed by atoms with Gasteiger partial charge in [0.25, 0.3) is 5.69 Å². The van der Waals surface area contributed by atoms with Gasteiger partial charge >= 0.3 is 0 Å². The molecule has 9 heteroatoms. The van der Waals surface area contributed by atoms with Crippen molar-refractivity contribution in [3.63, 3.8) is 0 Å². The molecule has 0 unspecified atom stereocenters. The summed E-state index contributed by atoms with van der Waals surface area (Å²) in [6.07, 6.45) is 1.52. The number of nitrogens with one attached hydrogen (secondary N) is 1. The van der Waals surface area contributed by atoms with Crippen LogP contribution in [0, 0.1) is 21.4 Å². The number of thiocarbonyl (C=S) groups is 1. The fraction of sp³-hybridized carbons (Fsp3) is 0. The number of hydrogen-bond donors (Lipinski definition) is 2. The third-order valence-corrected chi connectivity index (χ3v) is 2.88. The monoisotopic (exact) mass is 341 g/mol. The van der Waals surface area contributed by atoms with E-state index in [1.165, 1.54) is 18.3 Å². The maximum absolute atomic E-state index is 10.7. The van der Waals surface area contributed by atoms with Crippen LogP contribution in [0.1, 0.15) is 11.1 Å². The molecule has 2 aromatic rings. The third-order valence-electron chi connectivity index (χ3n) is 2.79. The Morgan fingerprint density at radius 3 is 2.67 bits per heavy atom. The van der Waals surface area contributed by atoms with Gasteiger partial charge in [0.05, 0.1) is 11.1 Å². The zero-order valence-corrected chi connectivity index (χ0v) is 13.0. The number of nitriles is 1. The average molecular weight is 341 g/mol. The molecule has 0 bridgehead atoms. The quantitative estimate of drug-likeness (QED) is 0.370. The van der Waals surface area contributed by atoms with Crippen molar-refractivity contribution in [2.75, 3.05) is 0 Å². The Morgan fingerprint density at radius 1 is 1.38 bits per heavy atom. The van der Waals surface area contributed by atoms with Crippen LogP contribution in [-0.4, -0.2) is 16.3 Å². The Labute approximate surface area is 142 Å². The smallest absolute Gasteiger partial charge is 0.271 e. The first-order valence-electron chi connectivity index (χ1n) is 6.54. The molecular formula is C15H11N5O3S. The molecule has 120 valence electrons. The number of benzene rings is 2. The van der Waals surface area contributed by atoms with Gasteiger partial charge in [-0.1, -0.05) is 0 Å². The van der Waals surface area contributed by atoms with E-state index in [0.29, 0.717) is 5.75 Å². The van der Waals surface area contributed by atoms with Crippen molar-refractivity contribution in [2.24, 2.45) is 10.8 Å². The molecule has 0 amide bonds. The van der Waals surface area contributed by atoms with Crippen LogP contribution >= 0.6 is 12.2 Å². The number of rotatable bonds is 5. The minimum Gasteiger partial charge on any atom is -0.456 e. The number of nitrogens with zero attached hydrogens (tertiary/aromatic N) is 3. The van der Waals surface area contributed by atoms with Gasteiger partial charge in [0.15, 0.2) is 5.11 Å². The first-order valence-corrected chi connectivity index (χ1v) is 6.95. The maximum Gasteiger partial charge on any atom is 0.271 e. The van der Waals surface area contributed by atoms with Crippen molar-refractivity contribution in [1.82, 2.24) is 5.43 Å². The van der Waals surface area contributed by atoms with Gasteiger partial charge in [-0.15, -0.1) is 0 Å². The largest absolute Gasteiger partial charge is 0.456 e. The minimum absolute atomic E-state index is 0.0633. The lowest BCUT2D eigenvalue weighted by Crippen LogP contribution is -2.23. The van der Waals surface area contributed by atoms with Gasteiger partial charge in [-0.2, -0.15) is 10.4 Å². The SMILES string of the molecule is N#Cc1cc([N+](=O)[O-])ccc1Oc1ccc(C=NNC(N)=S)cc1. The molecule has 2 rings (SSSR count). The van der Waals surface area contributed by atoms with E-state index in [0.717, 1.165) is 11.6 Å². The number of nitrogens with two attached hydrogens (primary N) is 1. The standard InChI is InChI=1S/C15H11N5O3S/c16-8-11-7-12(20(21)22)3-6-14(11)23-13-4-1-10(2-5-13)9-18-19-15(17)24/h1-7,9H,(H3,17,19,24). The lowest BCUT2D eigenvalue weighted by atomic mass is 10.2. The van der Waals surface area contributed by atoms with E-state index < -0.39 is 4.92 Å². The summed E-state index contributed by atoms with van der Waals surface area (Å²) in [6, 6.07) is 12.5. The maximum atomic E-state index is 10.7. The van der Waals surface area contributed by atoms with Crippen LogP contribution in [0.2, 0.25) is 0 Å². The molecule has 2 aromatic carbocycles. The van der Waals surface area contributed by atoms with Crippen molar-refractivity contribution in [1.29, 1.82) is 5.26 Å². The van der Waals surface area contributed by atoms with Gasteiger partial charge in [0.1, 0.15) is 23.1 Å². The second-order valence-electron chi connectivity index (χ2n) is 4.45. The van der Waals surface area contributed by atoms with E-state index >= 15 is 0 Å². The molecule has 0 saturated carbocycles. The van der Waals surface area contributed by atoms with Gasteiger partial charge in [-0.3, -0.25) is 15.5 Å². The molecule has 3 N–H and O–H groups in total. The van der Waals surface area contributed by atoms with E-state index in [9.17, 15) is 10.1 Å². The van der Waals surface area contributed by atoms with E-state index in [1.807, 2.05) is 6.07 Å². The zero-order valence-electron chi connectivity index (χ0n) is 12.2. The number of hydrogen-bond acceptors (Lipinski definition) is 6. The molecule has 0 fully saturated rings. The number of ether oxygens (including phenoxy) is 1. The Morgan fingerprint density at radius 2 is 2.08 bits per heavy atom. The van der Waals surface area contributed by atoms with E-state index in [2.05, 4.69) is 22.7 Å². The highest BCUT2D eigenvalue weighted by atomic mass is 32.1. The molecule has 0 aliphatic heterocycles. The van der Waals surface area contributed by atoms with Crippen LogP contribution in [0.3, 0.4) is 0 Å². The molecule has 24 heavy (non-hydrogen) atoms. The van der Waals surface area contributed by atoms with Crippen molar-refractivity contribution in [3.8, 4) is 17.6 Å². The molecule has 0 aliphatic rings. The molecule has 0 aliphatic carbocycles. The normalized spacial score (nSPS) is 10.1. The fourth-order valence-electron chi connectivity index (χ4n) is 1.73. The molecule has 0 radical (unpaired) electrons. The topological polar surface area (TPSA) is 127 Å².